The number of rotatable bonds is 5. The van der Waals surface area contributed by atoms with Crippen molar-refractivity contribution in [3.8, 4) is 0 Å². The van der Waals surface area contributed by atoms with E-state index in [0.717, 1.165) is 18.9 Å². The molecule has 2 fully saturated rings. The van der Waals surface area contributed by atoms with Crippen molar-refractivity contribution < 1.29 is 8.42 Å². The molecule has 1 aliphatic carbocycles. The van der Waals surface area contributed by atoms with E-state index >= 15 is 0 Å². The van der Waals surface area contributed by atoms with Crippen LogP contribution in [0.1, 0.15) is 26.2 Å². The standard InChI is InChI=1S/C12H24N2O2S/c1-10(11-3-4-11)14(2)7-5-12-9-17(15,16)8-6-13-12/h10-13H,3-9H2,1-2H3. The predicted octanol–water partition coefficient (Wildman–Crippen LogP) is 0.493. The van der Waals surface area contributed by atoms with Gasteiger partial charge in [0.15, 0.2) is 9.84 Å². The third-order valence-electron chi connectivity index (χ3n) is 4.13. The molecule has 0 aromatic carbocycles. The first-order valence-corrected chi connectivity index (χ1v) is 8.44. The average Bonchev–Trinajstić information content (AvgIpc) is 3.07. The first kappa shape index (κ1) is 13.3. The minimum atomic E-state index is -2.79. The zero-order valence-corrected chi connectivity index (χ0v) is 11.7. The molecule has 2 rings (SSSR count). The van der Waals surface area contributed by atoms with Gasteiger partial charge in [0.05, 0.1) is 11.5 Å². The van der Waals surface area contributed by atoms with Gasteiger partial charge in [0.1, 0.15) is 0 Å². The summed E-state index contributed by atoms with van der Waals surface area (Å²) in [5.74, 6) is 1.50. The van der Waals surface area contributed by atoms with Crippen LogP contribution in [0.2, 0.25) is 0 Å². The van der Waals surface area contributed by atoms with Crippen molar-refractivity contribution in [3.63, 3.8) is 0 Å². The van der Waals surface area contributed by atoms with Crippen molar-refractivity contribution in [3.05, 3.63) is 0 Å². The second kappa shape index (κ2) is 5.24. The summed E-state index contributed by atoms with van der Waals surface area (Å²) >= 11 is 0. The highest BCUT2D eigenvalue weighted by Gasteiger charge is 2.31. The maximum atomic E-state index is 11.5. The molecule has 2 aliphatic rings. The minimum Gasteiger partial charge on any atom is -0.312 e. The zero-order chi connectivity index (χ0) is 12.5. The molecular weight excluding hydrogens is 236 g/mol. The highest BCUT2D eigenvalue weighted by Crippen LogP contribution is 2.34. The molecule has 1 N–H and O–H groups in total. The van der Waals surface area contributed by atoms with Gasteiger partial charge in [-0.1, -0.05) is 0 Å². The first-order valence-electron chi connectivity index (χ1n) is 6.62. The van der Waals surface area contributed by atoms with Crippen LogP contribution in [0.15, 0.2) is 0 Å². The molecular formula is C12H24N2O2S. The third-order valence-corrected chi connectivity index (χ3v) is 5.87. The second-order valence-corrected chi connectivity index (χ2v) is 7.84. The van der Waals surface area contributed by atoms with Crippen molar-refractivity contribution in [2.45, 2.75) is 38.3 Å². The lowest BCUT2D eigenvalue weighted by atomic mass is 10.1. The lowest BCUT2D eigenvalue weighted by Gasteiger charge is -2.29. The summed E-state index contributed by atoms with van der Waals surface area (Å²) in [5.41, 5.74) is 0. The van der Waals surface area contributed by atoms with Crippen molar-refractivity contribution in [2.24, 2.45) is 5.92 Å². The molecule has 1 saturated heterocycles. The Morgan fingerprint density at radius 3 is 2.71 bits per heavy atom. The van der Waals surface area contributed by atoms with Gasteiger partial charge < -0.3 is 10.2 Å². The Labute approximate surface area is 105 Å². The number of sulfone groups is 1. The Hall–Kier alpha value is -0.130. The molecule has 2 unspecified atom stereocenters. The van der Waals surface area contributed by atoms with Crippen LogP contribution < -0.4 is 5.32 Å². The van der Waals surface area contributed by atoms with Gasteiger partial charge in [0.2, 0.25) is 0 Å². The summed E-state index contributed by atoms with van der Waals surface area (Å²) in [5, 5.41) is 3.31. The van der Waals surface area contributed by atoms with Gasteiger partial charge >= 0.3 is 0 Å². The summed E-state index contributed by atoms with van der Waals surface area (Å²) < 4.78 is 23.0. The first-order chi connectivity index (χ1) is 7.98. The Balaban J connectivity index is 1.73. The lowest BCUT2D eigenvalue weighted by Crippen LogP contribution is -2.46. The summed E-state index contributed by atoms with van der Waals surface area (Å²) in [7, 11) is -0.632. The van der Waals surface area contributed by atoms with Crippen LogP contribution in [-0.2, 0) is 9.84 Å². The molecule has 1 aliphatic heterocycles. The lowest BCUT2D eigenvalue weighted by molar-refractivity contribution is 0.223. The van der Waals surface area contributed by atoms with E-state index in [2.05, 4.69) is 24.2 Å². The van der Waals surface area contributed by atoms with Crippen LogP contribution in [0.3, 0.4) is 0 Å². The van der Waals surface area contributed by atoms with E-state index in [9.17, 15) is 8.42 Å². The Morgan fingerprint density at radius 2 is 2.12 bits per heavy atom. The van der Waals surface area contributed by atoms with E-state index in [1.165, 1.54) is 12.8 Å². The molecule has 0 spiro atoms. The highest BCUT2D eigenvalue weighted by atomic mass is 32.2. The van der Waals surface area contributed by atoms with E-state index < -0.39 is 9.84 Å². The smallest absolute Gasteiger partial charge is 0.153 e. The summed E-state index contributed by atoms with van der Waals surface area (Å²) in [6, 6.07) is 0.804. The fraction of sp³-hybridized carbons (Fsp3) is 1.00. The van der Waals surface area contributed by atoms with Gasteiger partial charge in [0.25, 0.3) is 0 Å². The topological polar surface area (TPSA) is 49.4 Å². The summed E-state index contributed by atoms with van der Waals surface area (Å²) in [6.45, 7) is 3.89. The minimum absolute atomic E-state index is 0.155. The van der Waals surface area contributed by atoms with Crippen LogP contribution in [0.25, 0.3) is 0 Å². The third kappa shape index (κ3) is 3.93. The van der Waals surface area contributed by atoms with Crippen LogP contribution in [0.5, 0.6) is 0 Å². The van der Waals surface area contributed by atoms with E-state index in [-0.39, 0.29) is 6.04 Å². The van der Waals surface area contributed by atoms with Crippen molar-refractivity contribution in [2.75, 3.05) is 31.6 Å². The quantitative estimate of drug-likeness (QED) is 0.782. The van der Waals surface area contributed by atoms with Gasteiger partial charge in [-0.25, -0.2) is 8.42 Å². The Morgan fingerprint density at radius 1 is 1.41 bits per heavy atom. The van der Waals surface area contributed by atoms with Crippen LogP contribution in [0, 0.1) is 5.92 Å². The molecule has 17 heavy (non-hydrogen) atoms. The van der Waals surface area contributed by atoms with E-state index in [0.29, 0.717) is 24.1 Å². The molecule has 100 valence electrons. The average molecular weight is 260 g/mol. The van der Waals surface area contributed by atoms with Gasteiger partial charge in [0, 0.05) is 18.6 Å². The van der Waals surface area contributed by atoms with E-state index in [4.69, 9.17) is 0 Å². The van der Waals surface area contributed by atoms with Crippen molar-refractivity contribution in [1.82, 2.24) is 10.2 Å². The summed E-state index contributed by atoms with van der Waals surface area (Å²) in [6.07, 6.45) is 3.66. The molecule has 0 bridgehead atoms. The van der Waals surface area contributed by atoms with Crippen LogP contribution in [0.4, 0.5) is 0 Å². The van der Waals surface area contributed by atoms with Gasteiger partial charge in [-0.3, -0.25) is 0 Å². The number of hydrogen-bond donors (Lipinski definition) is 1. The maximum Gasteiger partial charge on any atom is 0.153 e. The van der Waals surface area contributed by atoms with Crippen molar-refractivity contribution in [1.29, 1.82) is 0 Å². The van der Waals surface area contributed by atoms with E-state index in [1.807, 2.05) is 0 Å². The zero-order valence-electron chi connectivity index (χ0n) is 10.9. The van der Waals surface area contributed by atoms with Crippen LogP contribution >= 0.6 is 0 Å². The molecule has 0 radical (unpaired) electrons. The highest BCUT2D eigenvalue weighted by molar-refractivity contribution is 7.91. The molecule has 0 aromatic rings. The predicted molar refractivity (Wildman–Crippen MR) is 69.9 cm³/mol. The Kier molecular flexibility index (Phi) is 4.10. The normalized spacial score (nSPS) is 30.4. The van der Waals surface area contributed by atoms with Gasteiger partial charge in [-0.15, -0.1) is 0 Å². The van der Waals surface area contributed by atoms with E-state index in [1.54, 1.807) is 0 Å². The molecule has 1 saturated carbocycles. The molecule has 5 heteroatoms. The van der Waals surface area contributed by atoms with Crippen LogP contribution in [-0.4, -0.2) is 57.0 Å². The summed E-state index contributed by atoms with van der Waals surface area (Å²) in [4.78, 5) is 2.38. The SMILES string of the molecule is CC(C1CC1)N(C)CCC1CS(=O)(=O)CCN1. The number of nitrogens with one attached hydrogen (secondary N) is 1. The van der Waals surface area contributed by atoms with Crippen molar-refractivity contribution >= 4 is 9.84 Å². The molecule has 1 heterocycles. The fourth-order valence-electron chi connectivity index (χ4n) is 2.55. The second-order valence-electron chi connectivity index (χ2n) is 5.61. The largest absolute Gasteiger partial charge is 0.312 e. The molecule has 0 aromatic heterocycles. The molecule has 4 nitrogen and oxygen atoms in total. The maximum absolute atomic E-state index is 11.5. The van der Waals surface area contributed by atoms with Gasteiger partial charge in [-0.2, -0.15) is 0 Å². The number of hydrogen-bond acceptors (Lipinski definition) is 4. The molecule has 2 atom stereocenters. The Bertz CT molecular complexity index is 352. The molecule has 0 amide bonds. The van der Waals surface area contributed by atoms with Gasteiger partial charge in [-0.05, 0) is 45.7 Å². The monoisotopic (exact) mass is 260 g/mol. The number of nitrogens with zero attached hydrogens (tertiary/aromatic N) is 1. The fourth-order valence-corrected chi connectivity index (χ4v) is 4.05.